The van der Waals surface area contributed by atoms with Gasteiger partial charge in [0.25, 0.3) is 0 Å². The molecule has 0 atom stereocenters. The predicted molar refractivity (Wildman–Crippen MR) is 102 cm³/mol. The van der Waals surface area contributed by atoms with E-state index in [2.05, 4.69) is 44.1 Å². The monoisotopic (exact) mass is 367 g/mol. The Balaban J connectivity index is 1.37. The van der Waals surface area contributed by atoms with E-state index >= 15 is 0 Å². The Labute approximate surface area is 158 Å². The topological polar surface area (TPSA) is 71.6 Å². The molecule has 1 aromatic rings. The van der Waals surface area contributed by atoms with Crippen molar-refractivity contribution in [3.05, 3.63) is 35.9 Å². The summed E-state index contributed by atoms with van der Waals surface area (Å²) in [5, 5.41) is 0. The largest absolute Gasteiger partial charge is 0.446 e. The number of urea groups is 1. The molecule has 0 saturated carbocycles. The number of piperazine rings is 1. The van der Waals surface area contributed by atoms with E-state index in [4.69, 9.17) is 0 Å². The second kappa shape index (κ2) is 7.13. The number of imide groups is 1. The summed E-state index contributed by atoms with van der Waals surface area (Å²) in [6.07, 6.45) is 0. The molecule has 140 valence electrons. The Morgan fingerprint density at radius 2 is 1.59 bits per heavy atom. The van der Waals surface area contributed by atoms with Crippen molar-refractivity contribution < 1.29 is 14.2 Å². The van der Waals surface area contributed by atoms with Gasteiger partial charge in [-0.05, 0) is 5.56 Å². The zero-order valence-electron chi connectivity index (χ0n) is 15.6. The SMILES string of the molecule is CN1C(=O)C2=NC(CN3CCN(Cc4ccccc4)CC3)=NC2=[N+](C)C1=O. The zero-order chi connectivity index (χ0) is 19.0. The summed E-state index contributed by atoms with van der Waals surface area (Å²) in [7, 11) is 3.08. The molecule has 0 aromatic heterocycles. The van der Waals surface area contributed by atoms with Gasteiger partial charge in [0.1, 0.15) is 0 Å². The molecule has 27 heavy (non-hydrogen) atoms. The highest BCUT2D eigenvalue weighted by Gasteiger charge is 2.44. The van der Waals surface area contributed by atoms with Gasteiger partial charge in [-0.2, -0.15) is 9.48 Å². The van der Waals surface area contributed by atoms with Crippen LogP contribution in [0.2, 0.25) is 0 Å². The van der Waals surface area contributed by atoms with Crippen LogP contribution >= 0.6 is 0 Å². The van der Waals surface area contributed by atoms with Crippen molar-refractivity contribution in [3.63, 3.8) is 0 Å². The van der Waals surface area contributed by atoms with Gasteiger partial charge in [-0.1, -0.05) is 35.3 Å². The van der Waals surface area contributed by atoms with Gasteiger partial charge in [0.15, 0.2) is 0 Å². The molecule has 0 aliphatic carbocycles. The summed E-state index contributed by atoms with van der Waals surface area (Å²) in [6, 6.07) is 10.1. The van der Waals surface area contributed by atoms with E-state index < -0.39 is 0 Å². The highest BCUT2D eigenvalue weighted by molar-refractivity contribution is 6.70. The second-order valence-electron chi connectivity index (χ2n) is 7.06. The van der Waals surface area contributed by atoms with Crippen LogP contribution in [0.4, 0.5) is 4.79 Å². The first-order chi connectivity index (χ1) is 13.0. The molecule has 1 aromatic carbocycles. The molecule has 8 nitrogen and oxygen atoms in total. The van der Waals surface area contributed by atoms with Gasteiger partial charge in [-0.3, -0.25) is 9.80 Å². The van der Waals surface area contributed by atoms with Crippen LogP contribution in [-0.2, 0) is 11.3 Å². The number of hydrogen-bond acceptors (Lipinski definition) is 6. The van der Waals surface area contributed by atoms with Crippen LogP contribution in [0, 0.1) is 0 Å². The minimum atomic E-state index is -0.389. The first kappa shape index (κ1) is 17.7. The number of carbonyl (C=O) groups is 2. The van der Waals surface area contributed by atoms with Crippen LogP contribution in [0.25, 0.3) is 0 Å². The van der Waals surface area contributed by atoms with Gasteiger partial charge in [0, 0.05) is 32.7 Å². The molecule has 4 rings (SSSR count). The summed E-state index contributed by atoms with van der Waals surface area (Å²) in [5.41, 5.74) is 1.59. The molecule has 0 radical (unpaired) electrons. The van der Waals surface area contributed by atoms with E-state index in [0.29, 0.717) is 18.2 Å². The maximum absolute atomic E-state index is 12.3. The molecule has 8 heteroatoms. The van der Waals surface area contributed by atoms with Gasteiger partial charge in [0.05, 0.1) is 20.6 Å². The first-order valence-corrected chi connectivity index (χ1v) is 9.11. The van der Waals surface area contributed by atoms with Crippen LogP contribution in [0.15, 0.2) is 40.3 Å². The molecule has 0 bridgehead atoms. The van der Waals surface area contributed by atoms with Crippen molar-refractivity contribution in [1.29, 1.82) is 0 Å². The third-order valence-electron chi connectivity index (χ3n) is 5.17. The number of nitrogens with zero attached hydrogens (tertiary/aromatic N) is 6. The van der Waals surface area contributed by atoms with E-state index in [-0.39, 0.29) is 17.6 Å². The lowest BCUT2D eigenvalue weighted by molar-refractivity contribution is -0.401. The van der Waals surface area contributed by atoms with Gasteiger partial charge >= 0.3 is 17.8 Å². The van der Waals surface area contributed by atoms with E-state index in [1.807, 2.05) is 6.07 Å². The van der Waals surface area contributed by atoms with Crippen LogP contribution in [0.5, 0.6) is 0 Å². The number of rotatable bonds is 4. The fourth-order valence-corrected chi connectivity index (χ4v) is 3.54. The number of hydrogen-bond donors (Lipinski definition) is 0. The van der Waals surface area contributed by atoms with Crippen LogP contribution in [0.1, 0.15) is 5.56 Å². The Morgan fingerprint density at radius 1 is 0.963 bits per heavy atom. The summed E-state index contributed by atoms with van der Waals surface area (Å²) in [5.74, 6) is 0.570. The van der Waals surface area contributed by atoms with E-state index in [1.165, 1.54) is 17.2 Å². The number of carbonyl (C=O) groups excluding carboxylic acids is 2. The summed E-state index contributed by atoms with van der Waals surface area (Å²) < 4.78 is 1.38. The highest BCUT2D eigenvalue weighted by Crippen LogP contribution is 2.13. The number of benzene rings is 1. The maximum Gasteiger partial charge on any atom is 0.446 e. The zero-order valence-corrected chi connectivity index (χ0v) is 15.6. The van der Waals surface area contributed by atoms with E-state index in [9.17, 15) is 9.59 Å². The predicted octanol–water partition coefficient (Wildman–Crippen LogP) is 0.290. The summed E-state index contributed by atoms with van der Waals surface area (Å²) in [6.45, 7) is 5.36. The van der Waals surface area contributed by atoms with Gasteiger partial charge in [-0.15, -0.1) is 0 Å². The molecule has 0 N–H and O–H groups in total. The third kappa shape index (κ3) is 3.45. The average molecular weight is 367 g/mol. The highest BCUT2D eigenvalue weighted by atomic mass is 16.2. The van der Waals surface area contributed by atoms with E-state index in [0.717, 1.165) is 37.6 Å². The maximum atomic E-state index is 12.3. The Bertz CT molecular complexity index is 865. The number of amidine groups is 2. The quantitative estimate of drug-likeness (QED) is 0.717. The van der Waals surface area contributed by atoms with Crippen molar-refractivity contribution in [2.75, 3.05) is 46.8 Å². The van der Waals surface area contributed by atoms with Crippen molar-refractivity contribution in [2.24, 2.45) is 9.98 Å². The normalized spacial score (nSPS) is 21.5. The fourth-order valence-electron chi connectivity index (χ4n) is 3.54. The van der Waals surface area contributed by atoms with Crippen molar-refractivity contribution in [1.82, 2.24) is 14.7 Å². The van der Waals surface area contributed by atoms with Crippen LogP contribution in [-0.4, -0.2) is 95.4 Å². The summed E-state index contributed by atoms with van der Waals surface area (Å²) >= 11 is 0. The minimum Gasteiger partial charge on any atom is -0.297 e. The van der Waals surface area contributed by atoms with Crippen LogP contribution in [0.3, 0.4) is 0 Å². The molecule has 3 heterocycles. The summed E-state index contributed by atoms with van der Waals surface area (Å²) in [4.78, 5) is 38.9. The molecular weight excluding hydrogens is 344 g/mol. The third-order valence-corrected chi connectivity index (χ3v) is 5.17. The lowest BCUT2D eigenvalue weighted by Gasteiger charge is -2.34. The van der Waals surface area contributed by atoms with Gasteiger partial charge in [-0.25, -0.2) is 14.6 Å². The fraction of sp³-hybridized carbons (Fsp3) is 0.421. The lowest BCUT2D eigenvalue weighted by atomic mass is 10.2. The van der Waals surface area contributed by atoms with Crippen molar-refractivity contribution in [2.45, 2.75) is 6.54 Å². The van der Waals surface area contributed by atoms with E-state index in [1.54, 1.807) is 7.05 Å². The number of fused-ring (bicyclic) bond motifs is 1. The lowest BCUT2D eigenvalue weighted by Crippen LogP contribution is -2.51. The molecule has 1 fully saturated rings. The van der Waals surface area contributed by atoms with Crippen molar-refractivity contribution >= 4 is 29.3 Å². The molecule has 0 unspecified atom stereocenters. The Morgan fingerprint density at radius 3 is 2.26 bits per heavy atom. The standard InChI is InChI=1S/C19H23N6O2/c1-22-17-16(18(26)23(2)19(22)27)20-15(21-17)13-25-10-8-24(9-11-25)12-14-6-4-3-5-7-14/h3-7H,8-13H2,1-2H3/q+1. The molecule has 3 aliphatic rings. The second-order valence-corrected chi connectivity index (χ2v) is 7.06. The molecule has 3 aliphatic heterocycles. The number of amides is 3. The first-order valence-electron chi connectivity index (χ1n) is 9.11. The van der Waals surface area contributed by atoms with Gasteiger partial charge in [0.2, 0.25) is 11.5 Å². The average Bonchev–Trinajstić information content (AvgIpc) is 3.11. The number of aliphatic imine (C=N–C) groups is 2. The smallest absolute Gasteiger partial charge is 0.297 e. The molecule has 3 amide bonds. The van der Waals surface area contributed by atoms with Gasteiger partial charge < -0.3 is 0 Å². The molecular formula is C19H23N6O2+. The Kier molecular flexibility index (Phi) is 4.67. The molecule has 0 spiro atoms. The Hall–Kier alpha value is -2.71. The van der Waals surface area contributed by atoms with Crippen molar-refractivity contribution in [3.8, 4) is 0 Å². The van der Waals surface area contributed by atoms with Crippen LogP contribution < -0.4 is 0 Å². The molecule has 1 saturated heterocycles. The minimum absolute atomic E-state index is 0.261.